The van der Waals surface area contributed by atoms with E-state index in [2.05, 4.69) is 15.3 Å². The Bertz CT molecular complexity index is 491. The number of hydrogen-bond acceptors (Lipinski definition) is 3. The summed E-state index contributed by atoms with van der Waals surface area (Å²) >= 11 is 7.11. The number of halogens is 1. The lowest BCUT2D eigenvalue weighted by Crippen LogP contribution is -2.11. The Morgan fingerprint density at radius 3 is 3.00 bits per heavy atom. The van der Waals surface area contributed by atoms with E-state index in [1.54, 1.807) is 18.5 Å². The molecule has 78 valence electrons. The minimum absolute atomic E-state index is 0.240. The molecule has 0 aliphatic carbocycles. The molecule has 2 aromatic rings. The largest absolute Gasteiger partial charge is 0.356 e. The van der Waals surface area contributed by atoms with Crippen LogP contribution in [0.4, 0.5) is 5.13 Å². The summed E-state index contributed by atoms with van der Waals surface area (Å²) < 4.78 is 0. The molecule has 0 saturated carbocycles. The molecule has 0 spiro atoms. The van der Waals surface area contributed by atoms with Gasteiger partial charge in [-0.1, -0.05) is 11.6 Å². The summed E-state index contributed by atoms with van der Waals surface area (Å²) in [5.74, 6) is -0.240. The van der Waals surface area contributed by atoms with Gasteiger partial charge in [0.25, 0.3) is 5.91 Å². The van der Waals surface area contributed by atoms with Crippen molar-refractivity contribution < 1.29 is 4.79 Å². The van der Waals surface area contributed by atoms with Gasteiger partial charge in [-0.15, -0.1) is 11.3 Å². The fourth-order valence-electron chi connectivity index (χ4n) is 1.08. The van der Waals surface area contributed by atoms with E-state index >= 15 is 0 Å². The normalized spacial score (nSPS) is 10.3. The number of carbonyl (C=O) groups excluding carboxylic acids is 1. The number of aryl methyl sites for hydroxylation is 1. The van der Waals surface area contributed by atoms with Gasteiger partial charge < -0.3 is 4.98 Å². The van der Waals surface area contributed by atoms with E-state index in [1.165, 1.54) is 11.3 Å². The molecule has 2 rings (SSSR count). The van der Waals surface area contributed by atoms with Crippen molar-refractivity contribution in [2.45, 2.75) is 6.92 Å². The van der Waals surface area contributed by atoms with Gasteiger partial charge in [-0.3, -0.25) is 10.1 Å². The molecular weight excluding hydrogens is 234 g/mol. The molecule has 2 aromatic heterocycles. The number of H-pyrrole nitrogens is 1. The first-order valence-electron chi connectivity index (χ1n) is 4.23. The molecule has 15 heavy (non-hydrogen) atoms. The zero-order chi connectivity index (χ0) is 10.8. The Morgan fingerprint density at radius 1 is 1.67 bits per heavy atom. The topological polar surface area (TPSA) is 57.8 Å². The first-order valence-corrected chi connectivity index (χ1v) is 5.42. The van der Waals surface area contributed by atoms with Crippen LogP contribution < -0.4 is 5.32 Å². The zero-order valence-corrected chi connectivity index (χ0v) is 9.45. The summed E-state index contributed by atoms with van der Waals surface area (Å²) in [4.78, 5) is 19.4. The summed E-state index contributed by atoms with van der Waals surface area (Å²) in [6.45, 7) is 1.93. The highest BCUT2D eigenvalue weighted by molar-refractivity contribution is 7.15. The number of rotatable bonds is 2. The van der Waals surface area contributed by atoms with Gasteiger partial charge in [-0.05, 0) is 13.0 Å². The maximum absolute atomic E-state index is 11.6. The molecule has 6 heteroatoms. The average molecular weight is 242 g/mol. The van der Waals surface area contributed by atoms with E-state index in [1.807, 2.05) is 6.92 Å². The molecule has 0 aromatic carbocycles. The third-order valence-electron chi connectivity index (χ3n) is 1.73. The van der Waals surface area contributed by atoms with Crippen LogP contribution >= 0.6 is 22.9 Å². The van der Waals surface area contributed by atoms with Crippen LogP contribution in [-0.4, -0.2) is 15.9 Å². The Morgan fingerprint density at radius 2 is 2.47 bits per heavy atom. The molecule has 4 nitrogen and oxygen atoms in total. The SMILES string of the molecule is Cc1cnc(NC(=O)c2cc(Cl)c[nH]2)s1. The summed E-state index contributed by atoms with van der Waals surface area (Å²) in [5, 5.41) is 3.77. The average Bonchev–Trinajstić information content (AvgIpc) is 2.75. The lowest BCUT2D eigenvalue weighted by Gasteiger charge is -1.97. The Hall–Kier alpha value is -1.33. The van der Waals surface area contributed by atoms with Crippen molar-refractivity contribution in [1.29, 1.82) is 0 Å². The van der Waals surface area contributed by atoms with Gasteiger partial charge in [0, 0.05) is 17.3 Å². The number of nitrogens with zero attached hydrogens (tertiary/aromatic N) is 1. The smallest absolute Gasteiger partial charge is 0.273 e. The van der Waals surface area contributed by atoms with Crippen molar-refractivity contribution in [3.63, 3.8) is 0 Å². The molecule has 2 heterocycles. The number of hydrogen-bond donors (Lipinski definition) is 2. The van der Waals surface area contributed by atoms with Crippen molar-refractivity contribution in [2.24, 2.45) is 0 Å². The standard InChI is InChI=1S/C9H8ClN3OS/c1-5-3-12-9(15-5)13-8(14)7-2-6(10)4-11-7/h2-4,11H,1H3,(H,12,13,14). The number of amides is 1. The number of aromatic amines is 1. The second kappa shape index (κ2) is 4.04. The van der Waals surface area contributed by atoms with Crippen LogP contribution in [0.15, 0.2) is 18.5 Å². The highest BCUT2D eigenvalue weighted by atomic mass is 35.5. The zero-order valence-electron chi connectivity index (χ0n) is 7.87. The van der Waals surface area contributed by atoms with Crippen molar-refractivity contribution in [3.05, 3.63) is 34.1 Å². The fourth-order valence-corrected chi connectivity index (χ4v) is 1.90. The third kappa shape index (κ3) is 2.37. The highest BCUT2D eigenvalue weighted by Crippen LogP contribution is 2.18. The van der Waals surface area contributed by atoms with E-state index in [4.69, 9.17) is 11.6 Å². The number of carbonyl (C=O) groups is 1. The van der Waals surface area contributed by atoms with Crippen molar-refractivity contribution in [1.82, 2.24) is 9.97 Å². The molecule has 0 atom stereocenters. The second-order valence-electron chi connectivity index (χ2n) is 2.96. The van der Waals surface area contributed by atoms with Gasteiger partial charge in [0.05, 0.1) is 5.02 Å². The number of anilines is 1. The summed E-state index contributed by atoms with van der Waals surface area (Å²) in [7, 11) is 0. The summed E-state index contributed by atoms with van der Waals surface area (Å²) in [5.41, 5.74) is 0.424. The first-order chi connectivity index (χ1) is 7.15. The van der Waals surface area contributed by atoms with Crippen LogP contribution in [-0.2, 0) is 0 Å². The lowest BCUT2D eigenvalue weighted by molar-refractivity contribution is 0.102. The maximum atomic E-state index is 11.6. The van der Waals surface area contributed by atoms with Crippen molar-refractivity contribution >= 4 is 34.0 Å². The Labute approximate surface area is 95.3 Å². The van der Waals surface area contributed by atoms with Gasteiger partial charge in [0.15, 0.2) is 5.13 Å². The minimum Gasteiger partial charge on any atom is -0.356 e. The monoisotopic (exact) mass is 241 g/mol. The molecule has 0 unspecified atom stereocenters. The van der Waals surface area contributed by atoms with Gasteiger partial charge in [0.2, 0.25) is 0 Å². The Kier molecular flexibility index (Phi) is 2.75. The molecule has 0 aliphatic rings. The van der Waals surface area contributed by atoms with E-state index in [-0.39, 0.29) is 5.91 Å². The van der Waals surface area contributed by atoms with Crippen LogP contribution in [0.2, 0.25) is 5.02 Å². The van der Waals surface area contributed by atoms with E-state index in [0.29, 0.717) is 15.8 Å². The quantitative estimate of drug-likeness (QED) is 0.849. The lowest BCUT2D eigenvalue weighted by atomic mass is 10.4. The molecule has 0 bridgehead atoms. The molecule has 0 radical (unpaired) electrons. The number of aromatic nitrogens is 2. The van der Waals surface area contributed by atoms with Crippen LogP contribution in [0, 0.1) is 6.92 Å². The van der Waals surface area contributed by atoms with Crippen molar-refractivity contribution in [2.75, 3.05) is 5.32 Å². The maximum Gasteiger partial charge on any atom is 0.273 e. The van der Waals surface area contributed by atoms with Gasteiger partial charge in [-0.25, -0.2) is 4.98 Å². The summed E-state index contributed by atoms with van der Waals surface area (Å²) in [6.07, 6.45) is 3.27. The van der Waals surface area contributed by atoms with Crippen LogP contribution in [0.3, 0.4) is 0 Å². The first kappa shape index (κ1) is 10.2. The fraction of sp³-hybridized carbons (Fsp3) is 0.111. The molecular formula is C9H8ClN3OS. The molecule has 0 fully saturated rings. The molecule has 0 aliphatic heterocycles. The second-order valence-corrected chi connectivity index (χ2v) is 4.63. The van der Waals surface area contributed by atoms with Gasteiger partial charge in [-0.2, -0.15) is 0 Å². The van der Waals surface area contributed by atoms with Crippen LogP contribution in [0.25, 0.3) is 0 Å². The van der Waals surface area contributed by atoms with Crippen LogP contribution in [0.1, 0.15) is 15.4 Å². The third-order valence-corrected chi connectivity index (χ3v) is 2.78. The predicted octanol–water partition coefficient (Wildman–Crippen LogP) is 2.69. The Balaban J connectivity index is 2.10. The van der Waals surface area contributed by atoms with E-state index < -0.39 is 0 Å². The predicted molar refractivity (Wildman–Crippen MR) is 60.6 cm³/mol. The molecule has 2 N–H and O–H groups in total. The van der Waals surface area contributed by atoms with E-state index in [0.717, 1.165) is 4.88 Å². The van der Waals surface area contributed by atoms with E-state index in [9.17, 15) is 4.79 Å². The van der Waals surface area contributed by atoms with Crippen LogP contribution in [0.5, 0.6) is 0 Å². The van der Waals surface area contributed by atoms with Crippen molar-refractivity contribution in [3.8, 4) is 0 Å². The van der Waals surface area contributed by atoms with Gasteiger partial charge in [0.1, 0.15) is 5.69 Å². The van der Waals surface area contributed by atoms with Gasteiger partial charge >= 0.3 is 0 Å². The highest BCUT2D eigenvalue weighted by Gasteiger charge is 2.09. The number of nitrogens with one attached hydrogen (secondary N) is 2. The summed E-state index contributed by atoms with van der Waals surface area (Å²) in [6, 6.07) is 1.57. The molecule has 0 saturated heterocycles. The number of thiazole rings is 1. The molecule has 1 amide bonds. The minimum atomic E-state index is -0.240.